The van der Waals surface area contributed by atoms with Crippen LogP contribution in [0.4, 0.5) is 4.79 Å². The van der Waals surface area contributed by atoms with Gasteiger partial charge < -0.3 is 20.9 Å². The smallest absolute Gasteiger partial charge is 0.407 e. The number of carbonyl (C=O) groups is 1. The molecule has 5 heteroatoms. The summed E-state index contributed by atoms with van der Waals surface area (Å²) in [6.07, 6.45) is -1.30. The minimum absolute atomic E-state index is 0.0348. The molecule has 0 aromatic heterocycles. The van der Waals surface area contributed by atoms with E-state index in [0.29, 0.717) is 0 Å². The predicted molar refractivity (Wildman–Crippen MR) is 88.1 cm³/mol. The van der Waals surface area contributed by atoms with Gasteiger partial charge in [-0.05, 0) is 22.3 Å². The Bertz CT molecular complexity index is 657. The summed E-state index contributed by atoms with van der Waals surface area (Å²) in [5.41, 5.74) is 10.0. The van der Waals surface area contributed by atoms with Gasteiger partial charge >= 0.3 is 6.09 Å². The van der Waals surface area contributed by atoms with E-state index in [1.165, 1.54) is 22.3 Å². The molecular formula is C18H20N2O3. The van der Waals surface area contributed by atoms with Crippen LogP contribution in [0, 0.1) is 0 Å². The van der Waals surface area contributed by atoms with Crippen LogP contribution < -0.4 is 11.1 Å². The molecule has 0 bridgehead atoms. The van der Waals surface area contributed by atoms with Crippen LogP contribution in [-0.4, -0.2) is 37.0 Å². The van der Waals surface area contributed by atoms with Crippen molar-refractivity contribution in [2.45, 2.75) is 12.0 Å². The summed E-state index contributed by atoms with van der Waals surface area (Å²) >= 11 is 0. The van der Waals surface area contributed by atoms with Crippen molar-refractivity contribution in [3.05, 3.63) is 59.7 Å². The molecule has 1 atom stereocenters. The van der Waals surface area contributed by atoms with Gasteiger partial charge in [-0.15, -0.1) is 0 Å². The Balaban J connectivity index is 1.70. The second-order valence-electron chi connectivity index (χ2n) is 5.60. The van der Waals surface area contributed by atoms with E-state index in [4.69, 9.17) is 10.5 Å². The van der Waals surface area contributed by atoms with Gasteiger partial charge in [-0.3, -0.25) is 0 Å². The predicted octanol–water partition coefficient (Wildman–Crippen LogP) is 1.84. The monoisotopic (exact) mass is 312 g/mol. The number of ether oxygens (including phenoxy) is 1. The summed E-state index contributed by atoms with van der Waals surface area (Å²) in [5, 5.41) is 11.9. The molecule has 2 aromatic rings. The fourth-order valence-electron chi connectivity index (χ4n) is 2.93. The van der Waals surface area contributed by atoms with Crippen molar-refractivity contribution in [3.63, 3.8) is 0 Å². The number of nitrogens with two attached hydrogens (primary N) is 1. The number of benzene rings is 2. The van der Waals surface area contributed by atoms with Crippen molar-refractivity contribution in [2.75, 3.05) is 19.7 Å². The van der Waals surface area contributed by atoms with Crippen LogP contribution in [0.25, 0.3) is 11.1 Å². The van der Waals surface area contributed by atoms with Crippen LogP contribution in [0.2, 0.25) is 0 Å². The van der Waals surface area contributed by atoms with E-state index < -0.39 is 12.2 Å². The van der Waals surface area contributed by atoms with Gasteiger partial charge in [0.15, 0.2) is 0 Å². The number of nitrogens with one attached hydrogen (secondary N) is 1. The Morgan fingerprint density at radius 3 is 2.26 bits per heavy atom. The number of aliphatic hydroxyl groups excluding tert-OH is 1. The topological polar surface area (TPSA) is 84.6 Å². The molecule has 0 saturated heterocycles. The molecule has 1 aliphatic carbocycles. The minimum atomic E-state index is -0.754. The Morgan fingerprint density at radius 1 is 1.13 bits per heavy atom. The van der Waals surface area contributed by atoms with Gasteiger partial charge in [-0.1, -0.05) is 48.5 Å². The molecule has 0 saturated carbocycles. The quantitative estimate of drug-likeness (QED) is 0.786. The molecule has 0 fully saturated rings. The summed E-state index contributed by atoms with van der Waals surface area (Å²) in [5.74, 6) is 0.0348. The van der Waals surface area contributed by atoms with Crippen LogP contribution in [0.3, 0.4) is 0 Å². The fourth-order valence-corrected chi connectivity index (χ4v) is 2.93. The molecule has 120 valence electrons. The molecule has 1 amide bonds. The zero-order chi connectivity index (χ0) is 16.2. The van der Waals surface area contributed by atoms with Gasteiger partial charge in [0.25, 0.3) is 0 Å². The molecular weight excluding hydrogens is 292 g/mol. The molecule has 5 nitrogen and oxygen atoms in total. The van der Waals surface area contributed by atoms with Crippen LogP contribution in [0.1, 0.15) is 17.0 Å². The first-order valence-electron chi connectivity index (χ1n) is 7.67. The number of hydrogen-bond donors (Lipinski definition) is 3. The Hall–Kier alpha value is -2.37. The summed E-state index contributed by atoms with van der Waals surface area (Å²) in [4.78, 5) is 11.8. The summed E-state index contributed by atoms with van der Waals surface area (Å²) in [6, 6.07) is 16.3. The van der Waals surface area contributed by atoms with Gasteiger partial charge in [0.05, 0.1) is 6.10 Å². The van der Waals surface area contributed by atoms with E-state index in [0.717, 1.165) is 0 Å². The highest BCUT2D eigenvalue weighted by Crippen LogP contribution is 2.44. The normalized spacial score (nSPS) is 14.0. The molecule has 0 radical (unpaired) electrons. The number of carbonyl (C=O) groups excluding carboxylic acids is 1. The maximum absolute atomic E-state index is 11.8. The Labute approximate surface area is 135 Å². The van der Waals surface area contributed by atoms with E-state index in [9.17, 15) is 9.90 Å². The highest BCUT2D eigenvalue weighted by atomic mass is 16.5. The van der Waals surface area contributed by atoms with E-state index in [-0.39, 0.29) is 25.6 Å². The highest BCUT2D eigenvalue weighted by Gasteiger charge is 2.28. The van der Waals surface area contributed by atoms with Crippen LogP contribution in [0.15, 0.2) is 48.5 Å². The second-order valence-corrected chi connectivity index (χ2v) is 5.60. The lowest BCUT2D eigenvalue weighted by atomic mass is 9.98. The van der Waals surface area contributed by atoms with E-state index in [1.807, 2.05) is 24.3 Å². The molecule has 1 unspecified atom stereocenters. The third-order valence-corrected chi connectivity index (χ3v) is 4.10. The average Bonchev–Trinajstić information content (AvgIpc) is 2.92. The van der Waals surface area contributed by atoms with Crippen molar-refractivity contribution in [2.24, 2.45) is 5.73 Å². The van der Waals surface area contributed by atoms with Crippen molar-refractivity contribution in [1.82, 2.24) is 5.32 Å². The van der Waals surface area contributed by atoms with E-state index >= 15 is 0 Å². The lowest BCUT2D eigenvalue weighted by Gasteiger charge is -2.15. The van der Waals surface area contributed by atoms with Gasteiger partial charge in [-0.2, -0.15) is 0 Å². The van der Waals surface area contributed by atoms with Gasteiger partial charge in [0, 0.05) is 19.0 Å². The lowest BCUT2D eigenvalue weighted by molar-refractivity contribution is 0.130. The lowest BCUT2D eigenvalue weighted by Crippen LogP contribution is -2.36. The Morgan fingerprint density at radius 2 is 1.70 bits per heavy atom. The fraction of sp³-hybridized carbons (Fsp3) is 0.278. The van der Waals surface area contributed by atoms with E-state index in [1.54, 1.807) is 0 Å². The standard InChI is InChI=1S/C18H20N2O3/c19-9-12(21)10-20-18(22)23-11-17-15-7-3-1-5-13(15)14-6-2-4-8-16(14)17/h1-8,12,17,21H,9-11,19H2,(H,20,22). The van der Waals surface area contributed by atoms with E-state index in [2.05, 4.69) is 29.6 Å². The molecule has 1 aliphatic rings. The number of amides is 1. The van der Waals surface area contributed by atoms with Crippen molar-refractivity contribution < 1.29 is 14.6 Å². The number of hydrogen-bond acceptors (Lipinski definition) is 4. The summed E-state index contributed by atoms with van der Waals surface area (Å²) in [7, 11) is 0. The molecule has 4 N–H and O–H groups in total. The molecule has 0 spiro atoms. The first-order chi connectivity index (χ1) is 11.2. The Kier molecular flexibility index (Phi) is 4.60. The minimum Gasteiger partial charge on any atom is -0.449 e. The van der Waals surface area contributed by atoms with Gasteiger partial charge in [0.2, 0.25) is 0 Å². The number of aliphatic hydroxyl groups is 1. The van der Waals surface area contributed by atoms with Crippen LogP contribution in [0.5, 0.6) is 0 Å². The van der Waals surface area contributed by atoms with Crippen molar-refractivity contribution >= 4 is 6.09 Å². The maximum Gasteiger partial charge on any atom is 0.407 e. The summed E-state index contributed by atoms with van der Waals surface area (Å²) < 4.78 is 5.33. The van der Waals surface area contributed by atoms with Gasteiger partial charge in [-0.25, -0.2) is 4.79 Å². The molecule has 0 aliphatic heterocycles. The highest BCUT2D eigenvalue weighted by molar-refractivity contribution is 5.79. The SMILES string of the molecule is NCC(O)CNC(=O)OCC1c2ccccc2-c2ccccc21. The molecule has 0 heterocycles. The molecule has 3 rings (SSSR count). The number of rotatable bonds is 5. The van der Waals surface area contributed by atoms with Crippen LogP contribution >= 0.6 is 0 Å². The largest absolute Gasteiger partial charge is 0.449 e. The first kappa shape index (κ1) is 15.5. The maximum atomic E-state index is 11.8. The van der Waals surface area contributed by atoms with Crippen molar-refractivity contribution in [1.29, 1.82) is 0 Å². The zero-order valence-corrected chi connectivity index (χ0v) is 12.7. The van der Waals surface area contributed by atoms with Crippen LogP contribution in [-0.2, 0) is 4.74 Å². The third kappa shape index (κ3) is 3.21. The molecule has 2 aromatic carbocycles. The number of alkyl carbamates (subject to hydrolysis) is 1. The number of fused-ring (bicyclic) bond motifs is 3. The first-order valence-corrected chi connectivity index (χ1v) is 7.67. The summed E-state index contributed by atoms with van der Waals surface area (Å²) in [6.45, 7) is 0.454. The average molecular weight is 312 g/mol. The molecule has 23 heavy (non-hydrogen) atoms. The van der Waals surface area contributed by atoms with Crippen molar-refractivity contribution in [3.8, 4) is 11.1 Å². The zero-order valence-electron chi connectivity index (χ0n) is 12.7. The second kappa shape index (κ2) is 6.81. The van der Waals surface area contributed by atoms with Gasteiger partial charge in [0.1, 0.15) is 6.61 Å². The third-order valence-electron chi connectivity index (χ3n) is 4.10.